The van der Waals surface area contributed by atoms with Gasteiger partial charge in [-0.3, -0.25) is 4.90 Å². The molecule has 1 aliphatic heterocycles. The van der Waals surface area contributed by atoms with E-state index in [0.717, 1.165) is 36.9 Å². The molecule has 1 aliphatic rings. The lowest BCUT2D eigenvalue weighted by Gasteiger charge is -2.37. The van der Waals surface area contributed by atoms with Crippen LogP contribution >= 0.6 is 11.6 Å². The van der Waals surface area contributed by atoms with Gasteiger partial charge in [0, 0.05) is 43.4 Å². The molecule has 6 heteroatoms. The smallest absolute Gasteiger partial charge is 0.317 e. The molecule has 0 spiro atoms. The minimum atomic E-state index is 0.0174. The average molecular weight is 415 g/mol. The Hall–Kier alpha value is -2.24. The molecule has 156 valence electrons. The fourth-order valence-electron chi connectivity index (χ4n) is 3.93. The number of anilines is 1. The van der Waals surface area contributed by atoms with Crippen LogP contribution in [-0.4, -0.2) is 61.6 Å². The van der Waals surface area contributed by atoms with Gasteiger partial charge in [-0.2, -0.15) is 0 Å². The average Bonchev–Trinajstić information content (AvgIpc) is 2.77. The molecule has 0 aromatic heterocycles. The number of piperazine rings is 1. The van der Waals surface area contributed by atoms with Gasteiger partial charge in [-0.25, -0.2) is 4.79 Å². The van der Waals surface area contributed by atoms with Gasteiger partial charge < -0.3 is 15.1 Å². The number of nitrogens with one attached hydrogen (secondary N) is 1. The van der Waals surface area contributed by atoms with Gasteiger partial charge in [-0.1, -0.05) is 61.8 Å². The number of amides is 2. The fraction of sp³-hybridized carbons (Fsp3) is 0.435. The Kier molecular flexibility index (Phi) is 7.78. The molecule has 29 heavy (non-hydrogen) atoms. The number of carbonyl (C=O) groups excluding carboxylic acids is 1. The summed E-state index contributed by atoms with van der Waals surface area (Å²) in [7, 11) is 0. The Bertz CT molecular complexity index is 773. The second-order valence-corrected chi connectivity index (χ2v) is 7.72. The van der Waals surface area contributed by atoms with Crippen molar-refractivity contribution in [3.63, 3.8) is 0 Å². The zero-order chi connectivity index (χ0) is 20.6. The monoisotopic (exact) mass is 414 g/mol. The van der Waals surface area contributed by atoms with E-state index < -0.39 is 0 Å². The summed E-state index contributed by atoms with van der Waals surface area (Å²) in [4.78, 5) is 19.4. The molecule has 2 aromatic carbocycles. The molecule has 1 heterocycles. The molecule has 0 saturated carbocycles. The van der Waals surface area contributed by atoms with Crippen LogP contribution in [0, 0.1) is 0 Å². The van der Waals surface area contributed by atoms with Gasteiger partial charge >= 0.3 is 6.03 Å². The number of hydrogen-bond acceptors (Lipinski definition) is 3. The van der Waals surface area contributed by atoms with Gasteiger partial charge in [0.25, 0.3) is 0 Å². The van der Waals surface area contributed by atoms with E-state index in [2.05, 4.69) is 59.3 Å². The van der Waals surface area contributed by atoms with Crippen LogP contribution in [0.2, 0.25) is 5.02 Å². The zero-order valence-electron chi connectivity index (χ0n) is 17.4. The summed E-state index contributed by atoms with van der Waals surface area (Å²) in [6.45, 7) is 9.87. The number of hydrogen-bond donors (Lipinski definition) is 1. The highest BCUT2D eigenvalue weighted by Gasteiger charge is 2.23. The maximum Gasteiger partial charge on any atom is 0.317 e. The molecule has 1 atom stereocenters. The van der Waals surface area contributed by atoms with Gasteiger partial charge in [0.1, 0.15) is 0 Å². The highest BCUT2D eigenvalue weighted by Crippen LogP contribution is 2.22. The van der Waals surface area contributed by atoms with Crippen molar-refractivity contribution in [2.45, 2.75) is 19.9 Å². The van der Waals surface area contributed by atoms with Gasteiger partial charge in [-0.05, 0) is 36.9 Å². The first kappa shape index (κ1) is 21.5. The second-order valence-electron chi connectivity index (χ2n) is 7.29. The Morgan fingerprint density at radius 1 is 1.03 bits per heavy atom. The summed E-state index contributed by atoms with van der Waals surface area (Å²) in [6.07, 6.45) is 0. The van der Waals surface area contributed by atoms with E-state index in [-0.39, 0.29) is 12.1 Å². The number of urea groups is 1. The van der Waals surface area contributed by atoms with Crippen LogP contribution in [0.5, 0.6) is 0 Å². The highest BCUT2D eigenvalue weighted by atomic mass is 35.5. The van der Waals surface area contributed by atoms with E-state index >= 15 is 0 Å². The molecule has 3 rings (SSSR count). The first-order valence-electron chi connectivity index (χ1n) is 10.4. The lowest BCUT2D eigenvalue weighted by Crippen LogP contribution is -2.52. The minimum absolute atomic E-state index is 0.0174. The van der Waals surface area contributed by atoms with Gasteiger partial charge in [0.05, 0.1) is 6.04 Å². The molecule has 0 aliphatic carbocycles. The van der Waals surface area contributed by atoms with E-state index in [1.165, 1.54) is 5.56 Å². The maximum atomic E-state index is 12.8. The van der Waals surface area contributed by atoms with Crippen molar-refractivity contribution in [2.24, 2.45) is 0 Å². The number of carbonyl (C=O) groups is 1. The van der Waals surface area contributed by atoms with E-state index in [0.29, 0.717) is 19.6 Å². The minimum Gasteiger partial charge on any atom is -0.368 e. The number of halogens is 1. The van der Waals surface area contributed by atoms with Crippen molar-refractivity contribution >= 4 is 23.3 Å². The van der Waals surface area contributed by atoms with Crippen LogP contribution in [0.1, 0.15) is 25.5 Å². The van der Waals surface area contributed by atoms with Crippen LogP contribution in [0.4, 0.5) is 10.5 Å². The summed E-state index contributed by atoms with van der Waals surface area (Å²) in [5.74, 6) is 0. The molecule has 2 amide bonds. The second kappa shape index (κ2) is 10.5. The number of benzene rings is 2. The third-order valence-electron chi connectivity index (χ3n) is 5.62. The summed E-state index contributed by atoms with van der Waals surface area (Å²) in [5, 5.41) is 3.91. The molecule has 0 bridgehead atoms. The number of likely N-dealkylation sites (N-methyl/N-ethyl adjacent to an activating group) is 1. The standard InChI is InChI=1S/C23H31ClN4O/c1-3-26(4-2)22(19-9-6-5-7-10-19)18-25-23(29)28-15-13-27(14-16-28)21-12-8-11-20(24)17-21/h5-12,17,22H,3-4,13-16,18H2,1-2H3,(H,25,29)/t22-/m0/s1. The third kappa shape index (κ3) is 5.64. The molecular weight excluding hydrogens is 384 g/mol. The van der Waals surface area contributed by atoms with Crippen molar-refractivity contribution in [1.82, 2.24) is 15.1 Å². The lowest BCUT2D eigenvalue weighted by molar-refractivity contribution is 0.180. The molecule has 5 nitrogen and oxygen atoms in total. The summed E-state index contributed by atoms with van der Waals surface area (Å²) in [6, 6.07) is 18.5. The van der Waals surface area contributed by atoms with Crippen molar-refractivity contribution in [2.75, 3.05) is 50.7 Å². The Morgan fingerprint density at radius 3 is 2.34 bits per heavy atom. The topological polar surface area (TPSA) is 38.8 Å². The van der Waals surface area contributed by atoms with Gasteiger partial charge in [0.15, 0.2) is 0 Å². The third-order valence-corrected chi connectivity index (χ3v) is 5.86. The SMILES string of the molecule is CCN(CC)[C@@H](CNC(=O)N1CCN(c2cccc(Cl)c2)CC1)c1ccccc1. The predicted molar refractivity (Wildman–Crippen MR) is 121 cm³/mol. The van der Waals surface area contributed by atoms with E-state index in [9.17, 15) is 4.79 Å². The molecule has 0 radical (unpaired) electrons. The Balaban J connectivity index is 1.55. The van der Waals surface area contributed by atoms with Crippen molar-refractivity contribution in [3.05, 3.63) is 65.2 Å². The first-order valence-corrected chi connectivity index (χ1v) is 10.8. The molecular formula is C23H31ClN4O. The molecule has 0 unspecified atom stereocenters. The van der Waals surface area contributed by atoms with Crippen LogP contribution < -0.4 is 10.2 Å². The molecule has 1 saturated heterocycles. The van der Waals surface area contributed by atoms with Crippen molar-refractivity contribution in [3.8, 4) is 0 Å². The van der Waals surface area contributed by atoms with Crippen molar-refractivity contribution < 1.29 is 4.79 Å². The van der Waals surface area contributed by atoms with Crippen LogP contribution in [0.15, 0.2) is 54.6 Å². The Labute approximate surface area is 179 Å². The van der Waals surface area contributed by atoms with Crippen LogP contribution in [0.3, 0.4) is 0 Å². The van der Waals surface area contributed by atoms with E-state index in [1.54, 1.807) is 0 Å². The molecule has 1 fully saturated rings. The lowest BCUT2D eigenvalue weighted by atomic mass is 10.1. The van der Waals surface area contributed by atoms with Crippen LogP contribution in [0.25, 0.3) is 0 Å². The predicted octanol–water partition coefficient (Wildman–Crippen LogP) is 4.25. The maximum absolute atomic E-state index is 12.8. The highest BCUT2D eigenvalue weighted by molar-refractivity contribution is 6.30. The quantitative estimate of drug-likeness (QED) is 0.735. The fourth-order valence-corrected chi connectivity index (χ4v) is 4.12. The Morgan fingerprint density at radius 2 is 1.72 bits per heavy atom. The number of nitrogens with zero attached hydrogens (tertiary/aromatic N) is 3. The first-order chi connectivity index (χ1) is 14.1. The van der Waals surface area contributed by atoms with E-state index in [1.807, 2.05) is 29.2 Å². The summed E-state index contributed by atoms with van der Waals surface area (Å²) < 4.78 is 0. The molecule has 2 aromatic rings. The largest absolute Gasteiger partial charge is 0.368 e. The zero-order valence-corrected chi connectivity index (χ0v) is 18.1. The van der Waals surface area contributed by atoms with Gasteiger partial charge in [0.2, 0.25) is 0 Å². The van der Waals surface area contributed by atoms with E-state index in [4.69, 9.17) is 11.6 Å². The normalized spacial score (nSPS) is 15.4. The summed E-state index contributed by atoms with van der Waals surface area (Å²) in [5.41, 5.74) is 2.35. The van der Waals surface area contributed by atoms with Gasteiger partial charge in [-0.15, -0.1) is 0 Å². The van der Waals surface area contributed by atoms with Crippen molar-refractivity contribution in [1.29, 1.82) is 0 Å². The molecule has 1 N–H and O–H groups in total. The number of rotatable bonds is 7. The summed E-state index contributed by atoms with van der Waals surface area (Å²) >= 11 is 6.11. The van der Waals surface area contributed by atoms with Crippen LogP contribution in [-0.2, 0) is 0 Å².